The highest BCUT2D eigenvalue weighted by atomic mass is 16.5. The van der Waals surface area contributed by atoms with Gasteiger partial charge in [0.25, 0.3) is 0 Å². The average Bonchev–Trinajstić information content (AvgIpc) is 2.86. The molecule has 26 heavy (non-hydrogen) atoms. The molecule has 0 aliphatic carbocycles. The number of ether oxygens (including phenoxy) is 1. The first-order chi connectivity index (χ1) is 12.7. The predicted octanol–water partition coefficient (Wildman–Crippen LogP) is 2.69. The van der Waals surface area contributed by atoms with Crippen LogP contribution in [0.4, 0.5) is 5.82 Å². The highest BCUT2D eigenvalue weighted by Crippen LogP contribution is 2.27. The summed E-state index contributed by atoms with van der Waals surface area (Å²) in [5, 5.41) is 1.23. The van der Waals surface area contributed by atoms with Crippen molar-refractivity contribution < 1.29 is 4.74 Å². The summed E-state index contributed by atoms with van der Waals surface area (Å²) in [7, 11) is 0. The molecule has 2 aliphatic heterocycles. The molecule has 5 heteroatoms. The zero-order chi connectivity index (χ0) is 17.9. The molecule has 0 saturated carbocycles. The molecule has 1 atom stereocenters. The number of aryl methyl sites for hydroxylation is 1. The second kappa shape index (κ2) is 7.91. The molecular weight excluding hydrogens is 324 g/mol. The van der Waals surface area contributed by atoms with E-state index in [9.17, 15) is 0 Å². The molecule has 3 heterocycles. The molecule has 2 saturated heterocycles. The molecule has 2 fully saturated rings. The van der Waals surface area contributed by atoms with Crippen LogP contribution < -0.4 is 10.6 Å². The number of hydrogen-bond acceptors (Lipinski definition) is 5. The lowest BCUT2D eigenvalue weighted by atomic mass is 10.1. The molecule has 5 nitrogen and oxygen atoms in total. The van der Waals surface area contributed by atoms with E-state index in [2.05, 4.69) is 41.0 Å². The van der Waals surface area contributed by atoms with Crippen molar-refractivity contribution >= 4 is 16.7 Å². The lowest BCUT2D eigenvalue weighted by molar-refractivity contribution is 0.122. The number of pyridine rings is 1. The molecule has 0 radical (unpaired) electrons. The number of fused-ring (bicyclic) bond motifs is 1. The minimum absolute atomic E-state index is 0.358. The van der Waals surface area contributed by atoms with Crippen molar-refractivity contribution in [3.8, 4) is 0 Å². The van der Waals surface area contributed by atoms with Crippen LogP contribution in [0.2, 0.25) is 0 Å². The average molecular weight is 354 g/mol. The Balaban J connectivity index is 1.67. The van der Waals surface area contributed by atoms with E-state index in [0.717, 1.165) is 70.1 Å². The van der Waals surface area contributed by atoms with E-state index in [-0.39, 0.29) is 0 Å². The molecule has 0 spiro atoms. The molecule has 2 aliphatic rings. The van der Waals surface area contributed by atoms with Crippen molar-refractivity contribution in [1.29, 1.82) is 0 Å². The lowest BCUT2D eigenvalue weighted by Crippen LogP contribution is -2.38. The Morgan fingerprint density at radius 2 is 1.96 bits per heavy atom. The zero-order valence-corrected chi connectivity index (χ0v) is 15.8. The third-order valence-electron chi connectivity index (χ3n) is 5.60. The third-order valence-corrected chi connectivity index (χ3v) is 5.60. The quantitative estimate of drug-likeness (QED) is 0.918. The molecule has 2 N–H and O–H groups in total. The fraction of sp³-hybridized carbons (Fsp3) is 0.571. The predicted molar refractivity (Wildman–Crippen MR) is 107 cm³/mol. The summed E-state index contributed by atoms with van der Waals surface area (Å²) in [6.45, 7) is 8.69. The summed E-state index contributed by atoms with van der Waals surface area (Å²) >= 11 is 0. The van der Waals surface area contributed by atoms with Gasteiger partial charge in [-0.15, -0.1) is 0 Å². The Kier molecular flexibility index (Phi) is 5.38. The molecule has 1 aromatic heterocycles. The fourth-order valence-corrected chi connectivity index (χ4v) is 4.06. The van der Waals surface area contributed by atoms with Gasteiger partial charge in [-0.25, -0.2) is 4.98 Å². The Morgan fingerprint density at radius 3 is 2.81 bits per heavy atom. The van der Waals surface area contributed by atoms with Crippen molar-refractivity contribution in [3.63, 3.8) is 0 Å². The van der Waals surface area contributed by atoms with Gasteiger partial charge in [0, 0.05) is 36.6 Å². The number of anilines is 1. The largest absolute Gasteiger partial charge is 0.378 e. The second-order valence-corrected chi connectivity index (χ2v) is 7.73. The Bertz CT molecular complexity index is 757. The normalized spacial score (nSPS) is 22.5. The number of morpholine rings is 1. The molecule has 0 unspecified atom stereocenters. The van der Waals surface area contributed by atoms with Crippen LogP contribution >= 0.6 is 0 Å². The maximum absolute atomic E-state index is 6.16. The van der Waals surface area contributed by atoms with Gasteiger partial charge < -0.3 is 15.4 Å². The summed E-state index contributed by atoms with van der Waals surface area (Å²) in [6.07, 6.45) is 3.42. The smallest absolute Gasteiger partial charge is 0.133 e. The number of aromatic nitrogens is 1. The van der Waals surface area contributed by atoms with E-state index >= 15 is 0 Å². The minimum atomic E-state index is 0.358. The lowest BCUT2D eigenvalue weighted by Gasteiger charge is -2.31. The van der Waals surface area contributed by atoms with Crippen molar-refractivity contribution in [3.05, 3.63) is 35.4 Å². The van der Waals surface area contributed by atoms with Crippen LogP contribution in [0.1, 0.15) is 30.4 Å². The van der Waals surface area contributed by atoms with Crippen molar-refractivity contribution in [2.45, 2.75) is 38.8 Å². The van der Waals surface area contributed by atoms with Gasteiger partial charge >= 0.3 is 0 Å². The highest BCUT2D eigenvalue weighted by Gasteiger charge is 2.20. The molecule has 4 rings (SSSR count). The monoisotopic (exact) mass is 354 g/mol. The van der Waals surface area contributed by atoms with Gasteiger partial charge in [-0.2, -0.15) is 0 Å². The van der Waals surface area contributed by atoms with E-state index in [4.69, 9.17) is 15.5 Å². The van der Waals surface area contributed by atoms with E-state index in [1.165, 1.54) is 22.9 Å². The number of nitrogens with two attached hydrogens (primary N) is 1. The summed E-state index contributed by atoms with van der Waals surface area (Å²) < 4.78 is 5.55. The van der Waals surface area contributed by atoms with Gasteiger partial charge in [0.05, 0.1) is 18.7 Å². The topological polar surface area (TPSA) is 54.6 Å². The van der Waals surface area contributed by atoms with Crippen molar-refractivity contribution in [2.24, 2.45) is 5.73 Å². The fourth-order valence-electron chi connectivity index (χ4n) is 4.06. The van der Waals surface area contributed by atoms with Gasteiger partial charge in [0.1, 0.15) is 5.82 Å². The van der Waals surface area contributed by atoms with Crippen LogP contribution in [-0.4, -0.2) is 55.3 Å². The van der Waals surface area contributed by atoms with Crippen LogP contribution in [0.25, 0.3) is 10.9 Å². The molecule has 0 bridgehead atoms. The Labute approximate surface area is 156 Å². The molecule has 1 aromatic carbocycles. The summed E-state index contributed by atoms with van der Waals surface area (Å²) in [4.78, 5) is 10.0. The van der Waals surface area contributed by atoms with E-state index in [1.807, 2.05) is 0 Å². The van der Waals surface area contributed by atoms with E-state index in [1.54, 1.807) is 0 Å². The SMILES string of the molecule is Cc1ccc2cc(CN3CCC[C@H](N)CC3)c(N3CCOCC3)nc2c1. The molecular formula is C21H30N4O. The summed E-state index contributed by atoms with van der Waals surface area (Å²) in [5.74, 6) is 1.14. The third kappa shape index (κ3) is 4.00. The first kappa shape index (κ1) is 17.7. The van der Waals surface area contributed by atoms with Gasteiger partial charge in [0.15, 0.2) is 0 Å². The van der Waals surface area contributed by atoms with Crippen molar-refractivity contribution in [1.82, 2.24) is 9.88 Å². The van der Waals surface area contributed by atoms with Crippen LogP contribution in [0.5, 0.6) is 0 Å². The number of rotatable bonds is 3. The summed E-state index contributed by atoms with van der Waals surface area (Å²) in [6, 6.07) is 9.26. The highest BCUT2D eigenvalue weighted by molar-refractivity contribution is 5.82. The Morgan fingerprint density at radius 1 is 1.12 bits per heavy atom. The molecule has 140 valence electrons. The van der Waals surface area contributed by atoms with Crippen molar-refractivity contribution in [2.75, 3.05) is 44.3 Å². The number of likely N-dealkylation sites (tertiary alicyclic amines) is 1. The van der Waals surface area contributed by atoms with E-state index < -0.39 is 0 Å². The van der Waals surface area contributed by atoms with Crippen LogP contribution in [0.15, 0.2) is 24.3 Å². The molecule has 2 aromatic rings. The standard InChI is InChI=1S/C21H30N4O/c1-16-4-5-17-14-18(15-24-7-2-3-19(22)6-8-24)21(23-20(17)13-16)25-9-11-26-12-10-25/h4-5,13-14,19H,2-3,6-12,15,22H2,1H3/t19-/m0/s1. The maximum atomic E-state index is 6.16. The summed E-state index contributed by atoms with van der Waals surface area (Å²) in [5.41, 5.74) is 9.84. The number of nitrogens with zero attached hydrogens (tertiary/aromatic N) is 3. The van der Waals surface area contributed by atoms with Crippen LogP contribution in [-0.2, 0) is 11.3 Å². The number of benzene rings is 1. The number of hydrogen-bond donors (Lipinski definition) is 1. The second-order valence-electron chi connectivity index (χ2n) is 7.73. The van der Waals surface area contributed by atoms with Crippen LogP contribution in [0, 0.1) is 6.92 Å². The van der Waals surface area contributed by atoms with Gasteiger partial charge in [-0.05, 0) is 57.0 Å². The first-order valence-corrected chi connectivity index (χ1v) is 9.90. The van der Waals surface area contributed by atoms with Gasteiger partial charge in [0.2, 0.25) is 0 Å². The Hall–Kier alpha value is -1.69. The van der Waals surface area contributed by atoms with E-state index in [0.29, 0.717) is 6.04 Å². The van der Waals surface area contributed by atoms with Gasteiger partial charge in [-0.1, -0.05) is 12.1 Å². The van der Waals surface area contributed by atoms with Crippen LogP contribution in [0.3, 0.4) is 0 Å². The maximum Gasteiger partial charge on any atom is 0.133 e. The zero-order valence-electron chi connectivity index (χ0n) is 15.8. The first-order valence-electron chi connectivity index (χ1n) is 9.90. The minimum Gasteiger partial charge on any atom is -0.378 e. The van der Waals surface area contributed by atoms with Gasteiger partial charge in [-0.3, -0.25) is 4.90 Å². The molecule has 0 amide bonds.